The van der Waals surface area contributed by atoms with Gasteiger partial charge in [0.2, 0.25) is 0 Å². The second kappa shape index (κ2) is 2.69. The lowest BCUT2D eigenvalue weighted by Crippen LogP contribution is -2.40. The quantitative estimate of drug-likeness (QED) is 0.636. The smallest absolute Gasteiger partial charge is 0.179 e. The number of thiophene rings is 1. The molecule has 74 valence electrons. The molecule has 1 heterocycles. The van der Waals surface area contributed by atoms with Gasteiger partial charge in [-0.25, -0.2) is 0 Å². The molecule has 0 unspecified atom stereocenters. The maximum absolute atomic E-state index is 12.2. The SMILES string of the molecule is Cc1cc2c(s1)C(=O)C1(CCC1)CC2. The molecule has 14 heavy (non-hydrogen) atoms. The van der Waals surface area contributed by atoms with Crippen LogP contribution in [0.1, 0.15) is 45.8 Å². The van der Waals surface area contributed by atoms with Gasteiger partial charge in [0.05, 0.1) is 4.88 Å². The van der Waals surface area contributed by atoms with Crippen molar-refractivity contribution in [2.24, 2.45) is 5.41 Å². The fraction of sp³-hybridized carbons (Fsp3) is 0.583. The highest BCUT2D eigenvalue weighted by atomic mass is 32.1. The molecular formula is C12H14OS. The average Bonchev–Trinajstić information content (AvgIpc) is 2.44. The van der Waals surface area contributed by atoms with Crippen LogP contribution in [0.4, 0.5) is 0 Å². The van der Waals surface area contributed by atoms with E-state index in [0.717, 1.165) is 30.6 Å². The maximum atomic E-state index is 12.2. The standard InChI is InChI=1S/C12H14OS/c1-8-7-9-3-6-12(4-2-5-12)11(13)10(9)14-8/h7H,2-6H2,1H3. The van der Waals surface area contributed by atoms with Crippen LogP contribution in [0.2, 0.25) is 0 Å². The molecule has 0 aliphatic heterocycles. The Morgan fingerprint density at radius 3 is 2.79 bits per heavy atom. The molecule has 0 aromatic carbocycles. The Kier molecular flexibility index (Phi) is 1.67. The first kappa shape index (κ1) is 8.66. The van der Waals surface area contributed by atoms with Crippen molar-refractivity contribution in [3.8, 4) is 0 Å². The van der Waals surface area contributed by atoms with E-state index in [4.69, 9.17) is 0 Å². The average molecular weight is 206 g/mol. The van der Waals surface area contributed by atoms with Gasteiger partial charge in [-0.3, -0.25) is 4.79 Å². The lowest BCUT2D eigenvalue weighted by molar-refractivity contribution is 0.0561. The highest BCUT2D eigenvalue weighted by Gasteiger charge is 2.47. The second-order valence-electron chi connectivity index (χ2n) is 4.67. The van der Waals surface area contributed by atoms with Crippen molar-refractivity contribution >= 4 is 17.1 Å². The number of Topliss-reactive ketones (excluding diaryl/α,β-unsaturated/α-hetero) is 1. The lowest BCUT2D eigenvalue weighted by atomic mass is 9.60. The first-order valence-corrected chi connectivity index (χ1v) is 6.17. The van der Waals surface area contributed by atoms with Gasteiger partial charge in [0.25, 0.3) is 0 Å². The van der Waals surface area contributed by atoms with E-state index in [0.29, 0.717) is 5.78 Å². The predicted octanol–water partition coefficient (Wildman–Crippen LogP) is 3.36. The first-order chi connectivity index (χ1) is 6.71. The van der Waals surface area contributed by atoms with E-state index in [1.54, 1.807) is 11.3 Å². The number of carbonyl (C=O) groups excluding carboxylic acids is 1. The molecule has 1 fully saturated rings. The van der Waals surface area contributed by atoms with E-state index in [-0.39, 0.29) is 5.41 Å². The van der Waals surface area contributed by atoms with Crippen LogP contribution in [0.3, 0.4) is 0 Å². The summed E-state index contributed by atoms with van der Waals surface area (Å²) in [4.78, 5) is 14.6. The molecular weight excluding hydrogens is 192 g/mol. The third kappa shape index (κ3) is 0.977. The van der Waals surface area contributed by atoms with E-state index >= 15 is 0 Å². The number of rotatable bonds is 0. The Bertz CT molecular complexity index is 398. The minimum atomic E-state index is 0.0876. The van der Waals surface area contributed by atoms with E-state index in [9.17, 15) is 4.79 Å². The fourth-order valence-corrected chi connectivity index (χ4v) is 3.88. The van der Waals surface area contributed by atoms with Gasteiger partial charge in [-0.05, 0) is 44.2 Å². The molecule has 3 rings (SSSR count). The molecule has 0 radical (unpaired) electrons. The summed E-state index contributed by atoms with van der Waals surface area (Å²) < 4.78 is 0. The highest BCUT2D eigenvalue weighted by Crippen LogP contribution is 2.51. The number of ketones is 1. The number of carbonyl (C=O) groups is 1. The lowest BCUT2D eigenvalue weighted by Gasteiger charge is -2.42. The zero-order valence-corrected chi connectivity index (χ0v) is 9.25. The topological polar surface area (TPSA) is 17.1 Å². The number of hydrogen-bond acceptors (Lipinski definition) is 2. The summed E-state index contributed by atoms with van der Waals surface area (Å²) >= 11 is 1.70. The van der Waals surface area contributed by atoms with Gasteiger partial charge in [-0.15, -0.1) is 11.3 Å². The number of hydrogen-bond donors (Lipinski definition) is 0. The molecule has 0 amide bonds. The van der Waals surface area contributed by atoms with Gasteiger partial charge in [0.1, 0.15) is 0 Å². The van der Waals surface area contributed by atoms with Gasteiger partial charge in [0.15, 0.2) is 5.78 Å². The largest absolute Gasteiger partial charge is 0.293 e. The summed E-state index contributed by atoms with van der Waals surface area (Å²) in [5, 5.41) is 0. The zero-order valence-electron chi connectivity index (χ0n) is 8.43. The third-order valence-corrected chi connectivity index (χ3v) is 4.90. The molecule has 2 aliphatic carbocycles. The van der Waals surface area contributed by atoms with Crippen molar-refractivity contribution in [3.05, 3.63) is 21.4 Å². The van der Waals surface area contributed by atoms with Crippen LogP contribution in [0, 0.1) is 12.3 Å². The minimum absolute atomic E-state index is 0.0876. The predicted molar refractivity (Wildman–Crippen MR) is 58.0 cm³/mol. The Morgan fingerprint density at radius 1 is 1.36 bits per heavy atom. The normalized spacial score (nSPS) is 23.4. The van der Waals surface area contributed by atoms with Crippen LogP contribution in [0.25, 0.3) is 0 Å². The summed E-state index contributed by atoms with van der Waals surface area (Å²) in [6, 6.07) is 2.20. The van der Waals surface area contributed by atoms with Crippen LogP contribution in [0.15, 0.2) is 6.07 Å². The highest BCUT2D eigenvalue weighted by molar-refractivity contribution is 7.14. The Balaban J connectivity index is 2.06. The molecule has 0 bridgehead atoms. The van der Waals surface area contributed by atoms with E-state index < -0.39 is 0 Å². The zero-order chi connectivity index (χ0) is 9.76. The summed E-state index contributed by atoms with van der Waals surface area (Å²) in [6.07, 6.45) is 5.77. The van der Waals surface area contributed by atoms with Gasteiger partial charge in [-0.1, -0.05) is 6.42 Å². The van der Waals surface area contributed by atoms with Crippen molar-refractivity contribution < 1.29 is 4.79 Å². The monoisotopic (exact) mass is 206 g/mol. The molecule has 1 saturated carbocycles. The van der Waals surface area contributed by atoms with Crippen molar-refractivity contribution in [1.82, 2.24) is 0 Å². The third-order valence-electron chi connectivity index (χ3n) is 3.80. The molecule has 2 aliphatic rings. The summed E-state index contributed by atoms with van der Waals surface area (Å²) in [6.45, 7) is 2.10. The van der Waals surface area contributed by atoms with Crippen LogP contribution in [-0.2, 0) is 6.42 Å². The molecule has 1 aromatic heterocycles. The van der Waals surface area contributed by atoms with Crippen LogP contribution < -0.4 is 0 Å². The number of fused-ring (bicyclic) bond motifs is 1. The maximum Gasteiger partial charge on any atom is 0.179 e. The molecule has 0 N–H and O–H groups in total. The van der Waals surface area contributed by atoms with E-state index in [1.165, 1.54) is 16.9 Å². The minimum Gasteiger partial charge on any atom is -0.293 e. The Hall–Kier alpha value is -0.630. The van der Waals surface area contributed by atoms with E-state index in [1.807, 2.05) is 0 Å². The van der Waals surface area contributed by atoms with Gasteiger partial charge >= 0.3 is 0 Å². The summed E-state index contributed by atoms with van der Waals surface area (Å²) in [5.74, 6) is 0.461. The van der Waals surface area contributed by atoms with Crippen molar-refractivity contribution in [2.75, 3.05) is 0 Å². The second-order valence-corrected chi connectivity index (χ2v) is 5.93. The molecule has 1 nitrogen and oxygen atoms in total. The van der Waals surface area contributed by atoms with Crippen molar-refractivity contribution in [3.63, 3.8) is 0 Å². The molecule has 0 saturated heterocycles. The molecule has 1 aromatic rings. The summed E-state index contributed by atoms with van der Waals surface area (Å²) in [7, 11) is 0. The molecule has 2 heteroatoms. The van der Waals surface area contributed by atoms with Crippen molar-refractivity contribution in [1.29, 1.82) is 0 Å². The van der Waals surface area contributed by atoms with E-state index in [2.05, 4.69) is 13.0 Å². The van der Waals surface area contributed by atoms with Crippen LogP contribution in [-0.4, -0.2) is 5.78 Å². The van der Waals surface area contributed by atoms with Gasteiger partial charge in [0, 0.05) is 10.3 Å². The molecule has 0 atom stereocenters. The van der Waals surface area contributed by atoms with Crippen LogP contribution in [0.5, 0.6) is 0 Å². The van der Waals surface area contributed by atoms with Gasteiger partial charge < -0.3 is 0 Å². The Morgan fingerprint density at radius 2 is 2.14 bits per heavy atom. The molecule has 1 spiro atoms. The van der Waals surface area contributed by atoms with Crippen LogP contribution >= 0.6 is 11.3 Å². The number of aryl methyl sites for hydroxylation is 2. The summed E-state index contributed by atoms with van der Waals surface area (Å²) in [5.41, 5.74) is 1.40. The first-order valence-electron chi connectivity index (χ1n) is 5.35. The van der Waals surface area contributed by atoms with Crippen molar-refractivity contribution in [2.45, 2.75) is 39.0 Å². The fourth-order valence-electron chi connectivity index (χ4n) is 2.75. The Labute approximate surface area is 88.1 Å². The van der Waals surface area contributed by atoms with Gasteiger partial charge in [-0.2, -0.15) is 0 Å².